The van der Waals surface area contributed by atoms with Crippen LogP contribution in [-0.2, 0) is 4.57 Å². The Hall–Kier alpha value is -1.97. The fourth-order valence-electron chi connectivity index (χ4n) is 3.23. The number of halogens is 1. The van der Waals surface area contributed by atoms with Crippen LogP contribution in [0.2, 0.25) is 0 Å². The van der Waals surface area contributed by atoms with Gasteiger partial charge in [-0.1, -0.05) is 36.4 Å². The van der Waals surface area contributed by atoms with Crippen molar-refractivity contribution in [3.05, 3.63) is 60.7 Å². The number of para-hydroxylation sites is 2. The van der Waals surface area contributed by atoms with Crippen molar-refractivity contribution in [3.63, 3.8) is 0 Å². The fraction of sp³-hybridized carbons (Fsp3) is 0.435. The van der Waals surface area contributed by atoms with Crippen molar-refractivity contribution < 1.29 is 13.6 Å². The molecular weight excluding hydrogens is 419 g/mol. The van der Waals surface area contributed by atoms with Crippen molar-refractivity contribution in [2.24, 2.45) is 4.76 Å². The summed E-state index contributed by atoms with van der Waals surface area (Å²) >= 11 is 5.88. The average molecular weight is 451 g/mol. The summed E-state index contributed by atoms with van der Waals surface area (Å²) in [6.45, 7) is 8.38. The Balaban J connectivity index is 2.47. The molecule has 0 amide bonds. The first kappa shape index (κ1) is 24.3. The number of unbranched alkanes of at least 4 members (excludes halogenated alkanes) is 1. The first-order valence-electron chi connectivity index (χ1n) is 10.4. The zero-order valence-corrected chi connectivity index (χ0v) is 19.9. The van der Waals surface area contributed by atoms with Crippen molar-refractivity contribution >= 4 is 25.2 Å². The Bertz CT molecular complexity index is 775. The summed E-state index contributed by atoms with van der Waals surface area (Å²) in [5, 5.41) is 0. The van der Waals surface area contributed by atoms with E-state index in [4.69, 9.17) is 20.6 Å². The predicted octanol–water partition coefficient (Wildman–Crippen LogP) is 7.18. The lowest BCUT2D eigenvalue weighted by Gasteiger charge is -2.34. The highest BCUT2D eigenvalue weighted by Crippen LogP contribution is 2.50. The van der Waals surface area contributed by atoms with E-state index in [9.17, 15) is 4.57 Å². The standard InChI is InChI=1S/C23H32ClN2O3P/c1-19(2)26(20(3)4)23(17-11-12-18-24)25-30(27,28-21-13-7-5-8-14-21)29-22-15-9-6-10-16-22/h5-10,13-16,19-20H,11-12,17-18H2,1-4H3/b25-23-. The topological polar surface area (TPSA) is 51.1 Å². The Labute approximate surface area is 185 Å². The summed E-state index contributed by atoms with van der Waals surface area (Å²) < 4.78 is 30.2. The van der Waals surface area contributed by atoms with Crippen LogP contribution in [0.15, 0.2) is 65.4 Å². The fourth-order valence-corrected chi connectivity index (χ4v) is 4.80. The first-order chi connectivity index (χ1) is 14.3. The zero-order valence-electron chi connectivity index (χ0n) is 18.2. The molecule has 0 radical (unpaired) electrons. The normalized spacial score (nSPS) is 12.3. The van der Waals surface area contributed by atoms with Crippen LogP contribution < -0.4 is 9.05 Å². The number of hydrogen-bond donors (Lipinski definition) is 0. The van der Waals surface area contributed by atoms with Crippen LogP contribution in [0.1, 0.15) is 47.0 Å². The third-order valence-corrected chi connectivity index (χ3v) is 5.99. The van der Waals surface area contributed by atoms with Crippen molar-refractivity contribution in [2.75, 3.05) is 5.88 Å². The molecule has 0 aliphatic carbocycles. The Morgan fingerprint density at radius 3 is 1.77 bits per heavy atom. The maximum Gasteiger partial charge on any atom is 0.564 e. The van der Waals surface area contributed by atoms with Crippen molar-refractivity contribution in [3.8, 4) is 11.5 Å². The summed E-state index contributed by atoms with van der Waals surface area (Å²) in [5.41, 5.74) is 0. The second-order valence-electron chi connectivity index (χ2n) is 7.53. The average Bonchev–Trinajstić information content (AvgIpc) is 2.68. The molecule has 30 heavy (non-hydrogen) atoms. The van der Waals surface area contributed by atoms with Gasteiger partial charge in [0, 0.05) is 24.4 Å². The lowest BCUT2D eigenvalue weighted by molar-refractivity contribution is 0.285. The SMILES string of the molecule is CC(C)N(/C(CCCCCl)=N\P(=O)(Oc1ccccc1)Oc1ccccc1)C(C)C. The highest BCUT2D eigenvalue weighted by molar-refractivity contribution is 7.53. The highest BCUT2D eigenvalue weighted by Gasteiger charge is 2.31. The molecular formula is C23H32ClN2O3P. The number of alkyl halides is 1. The molecule has 2 aromatic rings. The molecule has 0 atom stereocenters. The predicted molar refractivity (Wildman–Crippen MR) is 126 cm³/mol. The number of benzene rings is 2. The lowest BCUT2D eigenvalue weighted by Crippen LogP contribution is -2.42. The summed E-state index contributed by atoms with van der Waals surface area (Å²) in [6, 6.07) is 18.4. The molecule has 0 aliphatic heterocycles. The Morgan fingerprint density at radius 2 is 1.37 bits per heavy atom. The van der Waals surface area contributed by atoms with Crippen molar-refractivity contribution in [1.82, 2.24) is 4.90 Å². The Kier molecular flexibility index (Phi) is 9.74. The minimum Gasteiger partial charge on any atom is -0.399 e. The van der Waals surface area contributed by atoms with Crippen LogP contribution >= 0.6 is 19.3 Å². The van der Waals surface area contributed by atoms with Crippen molar-refractivity contribution in [1.29, 1.82) is 0 Å². The third kappa shape index (κ3) is 7.70. The molecule has 0 saturated carbocycles. The van der Waals surface area contributed by atoms with E-state index in [0.29, 0.717) is 29.6 Å². The minimum atomic E-state index is -3.89. The van der Waals surface area contributed by atoms with Gasteiger partial charge < -0.3 is 13.9 Å². The van der Waals surface area contributed by atoms with Gasteiger partial charge in [0.25, 0.3) is 0 Å². The molecule has 0 aromatic heterocycles. The van der Waals surface area contributed by atoms with Crippen LogP contribution in [0.3, 0.4) is 0 Å². The van der Waals surface area contributed by atoms with E-state index >= 15 is 0 Å². The molecule has 2 rings (SSSR count). The smallest absolute Gasteiger partial charge is 0.399 e. The minimum absolute atomic E-state index is 0.182. The van der Waals surface area contributed by atoms with Crippen LogP contribution in [0.25, 0.3) is 0 Å². The number of rotatable bonds is 11. The van der Waals surface area contributed by atoms with E-state index in [1.165, 1.54) is 0 Å². The van der Waals surface area contributed by atoms with Gasteiger partial charge in [0.1, 0.15) is 17.3 Å². The highest BCUT2D eigenvalue weighted by atomic mass is 35.5. The van der Waals surface area contributed by atoms with Gasteiger partial charge in [-0.2, -0.15) is 0 Å². The van der Waals surface area contributed by atoms with E-state index in [1.54, 1.807) is 24.3 Å². The van der Waals surface area contributed by atoms with Crippen LogP contribution in [0, 0.1) is 0 Å². The lowest BCUT2D eigenvalue weighted by atomic mass is 10.1. The summed E-state index contributed by atoms with van der Waals surface area (Å²) in [5.74, 6) is 2.18. The molecule has 0 fully saturated rings. The van der Waals surface area contributed by atoms with E-state index in [0.717, 1.165) is 12.8 Å². The van der Waals surface area contributed by atoms with Crippen LogP contribution in [0.5, 0.6) is 11.5 Å². The van der Waals surface area contributed by atoms with Crippen LogP contribution in [-0.4, -0.2) is 28.7 Å². The number of amidine groups is 1. The van der Waals surface area contributed by atoms with Crippen molar-refractivity contribution in [2.45, 2.75) is 59.0 Å². The molecule has 5 nitrogen and oxygen atoms in total. The molecule has 0 aliphatic rings. The molecule has 0 heterocycles. The molecule has 164 valence electrons. The molecule has 0 unspecified atom stereocenters. The number of hydrogen-bond acceptors (Lipinski definition) is 3. The molecule has 2 aromatic carbocycles. The van der Waals surface area contributed by atoms with Crippen LogP contribution in [0.4, 0.5) is 0 Å². The molecule has 0 N–H and O–H groups in total. The maximum atomic E-state index is 13.9. The Morgan fingerprint density at radius 1 is 0.900 bits per heavy atom. The summed E-state index contributed by atoms with van der Waals surface area (Å²) in [7, 11) is -3.89. The van der Waals surface area contributed by atoms with Gasteiger partial charge in [0.15, 0.2) is 0 Å². The molecule has 0 saturated heterocycles. The zero-order chi connectivity index (χ0) is 22.0. The molecule has 0 spiro atoms. The van der Waals surface area contributed by atoms with Gasteiger partial charge in [0.2, 0.25) is 0 Å². The quantitative estimate of drug-likeness (QED) is 0.120. The molecule has 7 heteroatoms. The van der Waals surface area contributed by atoms with Gasteiger partial charge >= 0.3 is 7.75 Å². The number of nitrogens with zero attached hydrogens (tertiary/aromatic N) is 2. The third-order valence-electron chi connectivity index (χ3n) is 4.36. The summed E-state index contributed by atoms with van der Waals surface area (Å²) in [6.07, 6.45) is 2.34. The van der Waals surface area contributed by atoms with E-state index < -0.39 is 7.75 Å². The van der Waals surface area contributed by atoms with E-state index in [-0.39, 0.29) is 12.1 Å². The second kappa shape index (κ2) is 12.0. The van der Waals surface area contributed by atoms with E-state index in [1.807, 2.05) is 36.4 Å². The monoisotopic (exact) mass is 450 g/mol. The molecule has 0 bridgehead atoms. The largest absolute Gasteiger partial charge is 0.564 e. The van der Waals surface area contributed by atoms with Gasteiger partial charge in [-0.25, -0.2) is 4.57 Å². The van der Waals surface area contributed by atoms with Gasteiger partial charge in [-0.05, 0) is 64.8 Å². The van der Waals surface area contributed by atoms with Gasteiger partial charge in [0.05, 0.1) is 0 Å². The summed E-state index contributed by atoms with van der Waals surface area (Å²) in [4.78, 5) is 2.16. The van der Waals surface area contributed by atoms with Gasteiger partial charge in [-0.3, -0.25) is 0 Å². The first-order valence-corrected chi connectivity index (χ1v) is 12.4. The van der Waals surface area contributed by atoms with E-state index in [2.05, 4.69) is 37.4 Å². The van der Waals surface area contributed by atoms with Gasteiger partial charge in [-0.15, -0.1) is 16.4 Å². The maximum absolute atomic E-state index is 13.9. The second-order valence-corrected chi connectivity index (χ2v) is 9.41.